The summed E-state index contributed by atoms with van der Waals surface area (Å²) >= 11 is 6.13. The highest BCUT2D eigenvalue weighted by Crippen LogP contribution is 2.31. The smallest absolute Gasteiger partial charge is 0.255 e. The van der Waals surface area contributed by atoms with Crippen LogP contribution in [0, 0.1) is 23.7 Å². The van der Waals surface area contributed by atoms with E-state index in [0.29, 0.717) is 27.4 Å². The number of hydrogen-bond donors (Lipinski definition) is 1. The molecule has 0 bridgehead atoms. The molecule has 1 N–H and O–H groups in total. The average Bonchev–Trinajstić information content (AvgIpc) is 2.57. The number of carbonyl (C=O) groups is 1. The zero-order valence-electron chi connectivity index (χ0n) is 14.9. The molecule has 2 aromatic carbocycles. The van der Waals surface area contributed by atoms with Crippen molar-refractivity contribution in [3.8, 4) is 6.07 Å². The van der Waals surface area contributed by atoms with Gasteiger partial charge >= 0.3 is 0 Å². The van der Waals surface area contributed by atoms with Gasteiger partial charge in [-0.1, -0.05) is 68.8 Å². The number of carbonyl (C=O) groups excluding carboxylic acids is 1. The van der Waals surface area contributed by atoms with Crippen molar-refractivity contribution in [2.75, 3.05) is 0 Å². The summed E-state index contributed by atoms with van der Waals surface area (Å²) in [5, 5.41) is 13.2. The molecule has 4 heteroatoms. The first-order chi connectivity index (χ1) is 11.8. The van der Waals surface area contributed by atoms with Crippen molar-refractivity contribution >= 4 is 23.1 Å². The van der Waals surface area contributed by atoms with Gasteiger partial charge in [0.1, 0.15) is 6.07 Å². The Morgan fingerprint density at radius 2 is 1.72 bits per heavy atom. The normalized spacial score (nSPS) is 12.2. The van der Waals surface area contributed by atoms with Crippen LogP contribution in [0.15, 0.2) is 54.2 Å². The fourth-order valence-electron chi connectivity index (χ4n) is 2.53. The van der Waals surface area contributed by atoms with Crippen molar-refractivity contribution < 1.29 is 4.79 Å². The van der Waals surface area contributed by atoms with Crippen LogP contribution in [-0.4, -0.2) is 5.91 Å². The van der Waals surface area contributed by atoms with Crippen LogP contribution in [0.5, 0.6) is 0 Å². The molecule has 1 amide bonds. The molecule has 2 aromatic rings. The molecule has 0 spiro atoms. The van der Waals surface area contributed by atoms with E-state index >= 15 is 0 Å². The Morgan fingerprint density at radius 1 is 1.08 bits per heavy atom. The van der Waals surface area contributed by atoms with Crippen LogP contribution in [0.25, 0.3) is 5.57 Å². The maximum absolute atomic E-state index is 12.8. The number of allylic oxidation sites excluding steroid dienone is 2. The number of hydrogen-bond acceptors (Lipinski definition) is 2. The molecule has 0 aromatic heterocycles. The van der Waals surface area contributed by atoms with Gasteiger partial charge in [0.2, 0.25) is 0 Å². The molecule has 2 rings (SSSR count). The van der Waals surface area contributed by atoms with Crippen LogP contribution >= 0.6 is 11.6 Å². The molecule has 25 heavy (non-hydrogen) atoms. The molecule has 3 nitrogen and oxygen atoms in total. The lowest BCUT2D eigenvalue weighted by Gasteiger charge is -2.26. The number of rotatable bonds is 3. The Bertz CT molecular complexity index is 856. The molecular formula is C21H21ClN2O. The Kier molecular flexibility index (Phi) is 5.66. The molecule has 0 saturated carbocycles. The quantitative estimate of drug-likeness (QED) is 0.756. The highest BCUT2D eigenvalue weighted by molar-refractivity contribution is 6.31. The molecule has 0 unspecified atom stereocenters. The highest BCUT2D eigenvalue weighted by atomic mass is 35.5. The summed E-state index contributed by atoms with van der Waals surface area (Å²) in [6.45, 7) is 7.70. The molecule has 0 aliphatic heterocycles. The highest BCUT2D eigenvalue weighted by Gasteiger charge is 2.25. The van der Waals surface area contributed by atoms with E-state index in [4.69, 9.17) is 11.6 Å². The topological polar surface area (TPSA) is 52.9 Å². The van der Waals surface area contributed by atoms with Gasteiger partial charge in [0.25, 0.3) is 5.91 Å². The molecule has 0 saturated heterocycles. The third-order valence-electron chi connectivity index (χ3n) is 3.93. The largest absolute Gasteiger partial charge is 0.324 e. The summed E-state index contributed by atoms with van der Waals surface area (Å²) < 4.78 is 0. The van der Waals surface area contributed by atoms with Crippen LogP contribution in [-0.2, 0) is 0 Å². The summed E-state index contributed by atoms with van der Waals surface area (Å²) in [6, 6.07) is 16.8. The zero-order valence-corrected chi connectivity index (χ0v) is 15.6. The monoisotopic (exact) mass is 352 g/mol. The van der Waals surface area contributed by atoms with Gasteiger partial charge in [0.15, 0.2) is 0 Å². The molecule has 0 aliphatic rings. The van der Waals surface area contributed by atoms with Crippen molar-refractivity contribution in [2.24, 2.45) is 5.41 Å². The SMILES string of the molecule is Cc1c(Cl)cccc1C(=O)NC(=C(C#N)c1ccccc1)C(C)(C)C. The third-order valence-corrected chi connectivity index (χ3v) is 4.33. The van der Waals surface area contributed by atoms with E-state index in [-0.39, 0.29) is 5.91 Å². The van der Waals surface area contributed by atoms with Crippen LogP contribution in [0.1, 0.15) is 42.3 Å². The van der Waals surface area contributed by atoms with Crippen LogP contribution < -0.4 is 5.32 Å². The molecule has 0 atom stereocenters. The van der Waals surface area contributed by atoms with Gasteiger partial charge in [-0.3, -0.25) is 4.79 Å². The second-order valence-electron chi connectivity index (χ2n) is 6.84. The third kappa shape index (κ3) is 4.29. The lowest BCUT2D eigenvalue weighted by molar-refractivity contribution is 0.0957. The second kappa shape index (κ2) is 7.55. The van der Waals surface area contributed by atoms with Crippen molar-refractivity contribution in [1.82, 2.24) is 5.32 Å². The van der Waals surface area contributed by atoms with Gasteiger partial charge in [0.05, 0.1) is 5.57 Å². The number of nitriles is 1. The van der Waals surface area contributed by atoms with Gasteiger partial charge in [-0.25, -0.2) is 0 Å². The maximum Gasteiger partial charge on any atom is 0.255 e. The second-order valence-corrected chi connectivity index (χ2v) is 7.25. The Labute approximate surface area is 153 Å². The van der Waals surface area contributed by atoms with E-state index in [9.17, 15) is 10.1 Å². The molecule has 0 aliphatic carbocycles. The molecule has 0 heterocycles. The van der Waals surface area contributed by atoms with Crippen LogP contribution in [0.3, 0.4) is 0 Å². The Morgan fingerprint density at radius 3 is 2.28 bits per heavy atom. The summed E-state index contributed by atoms with van der Waals surface area (Å²) in [5.74, 6) is -0.270. The van der Waals surface area contributed by atoms with E-state index in [0.717, 1.165) is 5.56 Å². The maximum atomic E-state index is 12.8. The minimum atomic E-state index is -0.414. The summed E-state index contributed by atoms with van der Waals surface area (Å²) in [6.07, 6.45) is 0. The van der Waals surface area contributed by atoms with E-state index < -0.39 is 5.41 Å². The number of benzene rings is 2. The first-order valence-electron chi connectivity index (χ1n) is 8.02. The predicted molar refractivity (Wildman–Crippen MR) is 102 cm³/mol. The standard InChI is InChI=1S/C21H21ClN2O/c1-14-16(11-8-12-18(14)22)20(25)24-19(21(2,3)4)17(13-23)15-9-6-5-7-10-15/h5-12H,1-4H3,(H,24,25). The van der Waals surface area contributed by atoms with Gasteiger partial charge in [-0.2, -0.15) is 5.26 Å². The zero-order chi connectivity index (χ0) is 18.6. The first-order valence-corrected chi connectivity index (χ1v) is 8.40. The molecule has 128 valence electrons. The Hall–Kier alpha value is -2.57. The van der Waals surface area contributed by atoms with Gasteiger partial charge in [-0.15, -0.1) is 0 Å². The summed E-state index contributed by atoms with van der Waals surface area (Å²) in [5.41, 5.74) is 2.63. The number of amides is 1. The molecule has 0 radical (unpaired) electrons. The fraction of sp³-hybridized carbons (Fsp3) is 0.238. The number of nitrogens with one attached hydrogen (secondary N) is 1. The van der Waals surface area contributed by atoms with Crippen LogP contribution in [0.2, 0.25) is 5.02 Å². The van der Waals surface area contributed by atoms with Gasteiger partial charge in [-0.05, 0) is 30.2 Å². The van der Waals surface area contributed by atoms with Crippen molar-refractivity contribution in [1.29, 1.82) is 5.26 Å². The summed E-state index contributed by atoms with van der Waals surface area (Å²) in [7, 11) is 0. The first kappa shape index (κ1) is 18.8. The van der Waals surface area contributed by atoms with E-state index in [1.165, 1.54) is 0 Å². The van der Waals surface area contributed by atoms with Crippen LogP contribution in [0.4, 0.5) is 0 Å². The molecule has 0 fully saturated rings. The average molecular weight is 353 g/mol. The van der Waals surface area contributed by atoms with Gasteiger partial charge < -0.3 is 5.32 Å². The van der Waals surface area contributed by atoms with E-state index in [1.807, 2.05) is 51.1 Å². The van der Waals surface area contributed by atoms with Gasteiger partial charge in [0, 0.05) is 21.7 Å². The lowest BCUT2D eigenvalue weighted by Crippen LogP contribution is -2.31. The van der Waals surface area contributed by atoms with Crippen molar-refractivity contribution in [2.45, 2.75) is 27.7 Å². The molecular weight excluding hydrogens is 332 g/mol. The van der Waals surface area contributed by atoms with Crippen molar-refractivity contribution in [3.05, 3.63) is 75.9 Å². The van der Waals surface area contributed by atoms with Crippen molar-refractivity contribution in [3.63, 3.8) is 0 Å². The number of nitrogens with zero attached hydrogens (tertiary/aromatic N) is 1. The van der Waals surface area contributed by atoms with E-state index in [1.54, 1.807) is 25.1 Å². The van der Waals surface area contributed by atoms with E-state index in [2.05, 4.69) is 11.4 Å². The minimum Gasteiger partial charge on any atom is -0.324 e. The predicted octanol–water partition coefficient (Wildman–Crippen LogP) is 5.36. The number of halogens is 1. The summed E-state index contributed by atoms with van der Waals surface area (Å²) in [4.78, 5) is 12.8. The fourth-order valence-corrected chi connectivity index (χ4v) is 2.70. The minimum absolute atomic E-state index is 0.270. The Balaban J connectivity index is 2.53. The lowest BCUT2D eigenvalue weighted by atomic mass is 9.86.